The summed E-state index contributed by atoms with van der Waals surface area (Å²) >= 11 is 0. The van der Waals surface area contributed by atoms with Gasteiger partial charge in [0.2, 0.25) is 11.8 Å². The third-order valence-corrected chi connectivity index (χ3v) is 4.54. The van der Waals surface area contributed by atoms with Crippen LogP contribution >= 0.6 is 0 Å². The van der Waals surface area contributed by atoms with E-state index in [4.69, 9.17) is 4.42 Å². The van der Waals surface area contributed by atoms with Gasteiger partial charge in [0.15, 0.2) is 0 Å². The van der Waals surface area contributed by atoms with Gasteiger partial charge in [0, 0.05) is 24.9 Å². The fraction of sp³-hybridized carbons (Fsp3) is 0.647. The summed E-state index contributed by atoms with van der Waals surface area (Å²) in [6.07, 6.45) is 4.82. The van der Waals surface area contributed by atoms with E-state index in [2.05, 4.69) is 5.32 Å². The van der Waals surface area contributed by atoms with E-state index < -0.39 is 0 Å². The lowest BCUT2D eigenvalue weighted by molar-refractivity contribution is -0.138. The van der Waals surface area contributed by atoms with Crippen LogP contribution in [0, 0.1) is 11.8 Å². The van der Waals surface area contributed by atoms with E-state index in [0.717, 1.165) is 44.5 Å². The predicted octanol–water partition coefficient (Wildman–Crippen LogP) is 2.57. The molecule has 0 saturated heterocycles. The van der Waals surface area contributed by atoms with Gasteiger partial charge in [-0.1, -0.05) is 0 Å². The average Bonchev–Trinajstić information content (AvgIpc) is 3.07. The van der Waals surface area contributed by atoms with Crippen molar-refractivity contribution in [2.75, 3.05) is 13.1 Å². The van der Waals surface area contributed by atoms with Crippen LogP contribution in [0.4, 0.5) is 0 Å². The summed E-state index contributed by atoms with van der Waals surface area (Å²) in [5.74, 6) is 1.20. The second-order valence-electron chi connectivity index (χ2n) is 5.86. The normalized spacial score (nSPS) is 21.4. The topological polar surface area (TPSA) is 62.6 Å². The molecule has 1 aromatic heterocycles. The predicted molar refractivity (Wildman–Crippen MR) is 83.9 cm³/mol. The molecule has 0 aromatic carbocycles. The first-order valence-electron chi connectivity index (χ1n) is 8.24. The van der Waals surface area contributed by atoms with Crippen LogP contribution in [-0.2, 0) is 16.1 Å². The fourth-order valence-corrected chi connectivity index (χ4v) is 3.13. The molecule has 122 valence electrons. The van der Waals surface area contributed by atoms with E-state index in [-0.39, 0.29) is 23.7 Å². The van der Waals surface area contributed by atoms with E-state index in [1.807, 2.05) is 30.9 Å². The van der Waals surface area contributed by atoms with Crippen molar-refractivity contribution in [2.24, 2.45) is 11.8 Å². The monoisotopic (exact) mass is 306 g/mol. The maximum Gasteiger partial charge on any atom is 0.225 e. The number of hydrogen-bond acceptors (Lipinski definition) is 3. The number of furan rings is 1. The molecule has 0 unspecified atom stereocenters. The Morgan fingerprint density at radius 3 is 2.36 bits per heavy atom. The Kier molecular flexibility index (Phi) is 6.04. The van der Waals surface area contributed by atoms with Crippen LogP contribution in [0.3, 0.4) is 0 Å². The molecule has 0 radical (unpaired) electrons. The molecule has 0 spiro atoms. The quantitative estimate of drug-likeness (QED) is 0.878. The van der Waals surface area contributed by atoms with Gasteiger partial charge in [-0.25, -0.2) is 0 Å². The van der Waals surface area contributed by atoms with Gasteiger partial charge >= 0.3 is 0 Å². The van der Waals surface area contributed by atoms with Gasteiger partial charge in [0.25, 0.3) is 0 Å². The molecule has 1 saturated carbocycles. The second kappa shape index (κ2) is 8.01. The molecule has 1 aromatic rings. The summed E-state index contributed by atoms with van der Waals surface area (Å²) in [5.41, 5.74) is 0. The highest BCUT2D eigenvalue weighted by Crippen LogP contribution is 2.30. The van der Waals surface area contributed by atoms with E-state index in [0.29, 0.717) is 6.54 Å². The Hall–Kier alpha value is -1.78. The van der Waals surface area contributed by atoms with Crippen molar-refractivity contribution in [3.63, 3.8) is 0 Å². The third kappa shape index (κ3) is 4.12. The van der Waals surface area contributed by atoms with E-state index >= 15 is 0 Å². The third-order valence-electron chi connectivity index (χ3n) is 4.54. The number of rotatable bonds is 6. The van der Waals surface area contributed by atoms with Gasteiger partial charge in [-0.2, -0.15) is 0 Å². The summed E-state index contributed by atoms with van der Waals surface area (Å²) in [6.45, 7) is 5.98. The molecule has 1 N–H and O–H groups in total. The molecule has 1 aliphatic rings. The van der Waals surface area contributed by atoms with E-state index in [1.165, 1.54) is 0 Å². The first-order chi connectivity index (χ1) is 10.7. The van der Waals surface area contributed by atoms with Crippen LogP contribution in [0.15, 0.2) is 22.8 Å². The minimum Gasteiger partial charge on any atom is -0.467 e. The Morgan fingerprint density at radius 2 is 1.82 bits per heavy atom. The maximum atomic E-state index is 12.3. The Labute approximate surface area is 132 Å². The van der Waals surface area contributed by atoms with Crippen LogP contribution in [0.1, 0.15) is 45.3 Å². The number of amides is 2. The van der Waals surface area contributed by atoms with Crippen LogP contribution in [0.5, 0.6) is 0 Å². The van der Waals surface area contributed by atoms with Crippen molar-refractivity contribution >= 4 is 11.8 Å². The van der Waals surface area contributed by atoms with Gasteiger partial charge in [-0.15, -0.1) is 0 Å². The molecule has 5 heteroatoms. The molecule has 2 amide bonds. The summed E-state index contributed by atoms with van der Waals surface area (Å²) in [4.78, 5) is 26.4. The summed E-state index contributed by atoms with van der Waals surface area (Å²) in [5, 5.41) is 2.92. The van der Waals surface area contributed by atoms with Crippen LogP contribution in [0.25, 0.3) is 0 Å². The standard InChI is InChI=1S/C17H26N2O3/c1-3-19(4-2)17(21)14-9-7-13(8-10-14)16(20)18-12-15-6-5-11-22-15/h5-6,11,13-14H,3-4,7-10,12H2,1-2H3,(H,18,20). The second-order valence-corrected chi connectivity index (χ2v) is 5.86. The van der Waals surface area contributed by atoms with Crippen LogP contribution < -0.4 is 5.32 Å². The lowest BCUT2D eigenvalue weighted by atomic mass is 9.81. The number of carbonyl (C=O) groups is 2. The van der Waals surface area contributed by atoms with Gasteiger partial charge in [-0.3, -0.25) is 9.59 Å². The number of nitrogens with one attached hydrogen (secondary N) is 1. The highest BCUT2D eigenvalue weighted by molar-refractivity contribution is 5.81. The zero-order chi connectivity index (χ0) is 15.9. The van der Waals surface area contributed by atoms with Gasteiger partial charge < -0.3 is 14.6 Å². The first-order valence-corrected chi connectivity index (χ1v) is 8.24. The molecule has 1 aliphatic carbocycles. The molecule has 1 heterocycles. The van der Waals surface area contributed by atoms with Crippen molar-refractivity contribution in [3.05, 3.63) is 24.2 Å². The first kappa shape index (κ1) is 16.6. The Morgan fingerprint density at radius 1 is 1.18 bits per heavy atom. The van der Waals surface area contributed by atoms with Gasteiger partial charge in [-0.05, 0) is 51.7 Å². The highest BCUT2D eigenvalue weighted by atomic mass is 16.3. The van der Waals surface area contributed by atoms with E-state index in [9.17, 15) is 9.59 Å². The summed E-state index contributed by atoms with van der Waals surface area (Å²) in [6, 6.07) is 3.66. The fourth-order valence-electron chi connectivity index (χ4n) is 3.13. The molecular formula is C17H26N2O3. The van der Waals surface area contributed by atoms with Crippen molar-refractivity contribution in [3.8, 4) is 0 Å². The minimum absolute atomic E-state index is 0.0238. The number of nitrogens with zero attached hydrogens (tertiary/aromatic N) is 1. The zero-order valence-corrected chi connectivity index (χ0v) is 13.5. The summed E-state index contributed by atoms with van der Waals surface area (Å²) in [7, 11) is 0. The zero-order valence-electron chi connectivity index (χ0n) is 13.5. The molecule has 0 bridgehead atoms. The van der Waals surface area contributed by atoms with Crippen molar-refractivity contribution in [1.82, 2.24) is 10.2 Å². The molecular weight excluding hydrogens is 280 g/mol. The molecule has 2 rings (SSSR count). The molecule has 0 aliphatic heterocycles. The molecule has 22 heavy (non-hydrogen) atoms. The van der Waals surface area contributed by atoms with Crippen molar-refractivity contribution in [2.45, 2.75) is 46.1 Å². The maximum absolute atomic E-state index is 12.3. The van der Waals surface area contributed by atoms with E-state index in [1.54, 1.807) is 6.26 Å². The number of hydrogen-bond donors (Lipinski definition) is 1. The van der Waals surface area contributed by atoms with Crippen molar-refractivity contribution in [1.29, 1.82) is 0 Å². The highest BCUT2D eigenvalue weighted by Gasteiger charge is 2.31. The average molecular weight is 306 g/mol. The smallest absolute Gasteiger partial charge is 0.225 e. The molecule has 5 nitrogen and oxygen atoms in total. The molecule has 0 atom stereocenters. The van der Waals surface area contributed by atoms with Crippen LogP contribution in [-0.4, -0.2) is 29.8 Å². The lowest BCUT2D eigenvalue weighted by Gasteiger charge is -2.30. The molecule has 1 fully saturated rings. The lowest BCUT2D eigenvalue weighted by Crippen LogP contribution is -2.39. The van der Waals surface area contributed by atoms with Crippen molar-refractivity contribution < 1.29 is 14.0 Å². The Balaban J connectivity index is 1.76. The van der Waals surface area contributed by atoms with Gasteiger partial charge in [0.05, 0.1) is 12.8 Å². The van der Waals surface area contributed by atoms with Gasteiger partial charge in [0.1, 0.15) is 5.76 Å². The number of carbonyl (C=O) groups excluding carboxylic acids is 2. The van der Waals surface area contributed by atoms with Crippen LogP contribution in [0.2, 0.25) is 0 Å². The Bertz CT molecular complexity index is 472. The SMILES string of the molecule is CCN(CC)C(=O)C1CCC(C(=O)NCc2ccco2)CC1. The largest absolute Gasteiger partial charge is 0.467 e. The summed E-state index contributed by atoms with van der Waals surface area (Å²) < 4.78 is 5.21. The minimum atomic E-state index is 0.0238.